The average molecular weight is 275 g/mol. The van der Waals surface area contributed by atoms with Crippen LogP contribution in [-0.4, -0.2) is 31.1 Å². The largest absolute Gasteiger partial charge is 0.370 e. The fraction of sp³-hybridized carbons (Fsp3) is 0.562. The Morgan fingerprint density at radius 3 is 2.50 bits per heavy atom. The predicted octanol–water partition coefficient (Wildman–Crippen LogP) is 2.61. The summed E-state index contributed by atoms with van der Waals surface area (Å²) in [6.07, 6.45) is 2.46. The summed E-state index contributed by atoms with van der Waals surface area (Å²) >= 11 is 0. The van der Waals surface area contributed by atoms with Crippen LogP contribution >= 0.6 is 0 Å². The van der Waals surface area contributed by atoms with Crippen LogP contribution in [0.3, 0.4) is 0 Å². The molecule has 1 aromatic carbocycles. The summed E-state index contributed by atoms with van der Waals surface area (Å²) in [5.74, 6) is 0.00609. The SMILES string of the molecule is CC(C)(C)NCC(=O)Nc1ccccc1N1CCCC1. The Hall–Kier alpha value is -1.55. The zero-order chi connectivity index (χ0) is 14.6. The zero-order valence-electron chi connectivity index (χ0n) is 12.7. The third kappa shape index (κ3) is 4.23. The van der Waals surface area contributed by atoms with Crippen LogP contribution in [-0.2, 0) is 4.79 Å². The summed E-state index contributed by atoms with van der Waals surface area (Å²) in [6.45, 7) is 8.65. The molecule has 1 aliphatic heterocycles. The van der Waals surface area contributed by atoms with Crippen molar-refractivity contribution < 1.29 is 4.79 Å². The van der Waals surface area contributed by atoms with Crippen molar-refractivity contribution in [1.29, 1.82) is 0 Å². The number of amides is 1. The van der Waals surface area contributed by atoms with Crippen LogP contribution in [0, 0.1) is 0 Å². The van der Waals surface area contributed by atoms with Gasteiger partial charge in [0.05, 0.1) is 17.9 Å². The highest BCUT2D eigenvalue weighted by atomic mass is 16.1. The van der Waals surface area contributed by atoms with Crippen LogP contribution < -0.4 is 15.5 Å². The molecular weight excluding hydrogens is 250 g/mol. The standard InChI is InChI=1S/C16H25N3O/c1-16(2,3)17-12-15(20)18-13-8-4-5-9-14(13)19-10-6-7-11-19/h4-5,8-9,17H,6-7,10-12H2,1-3H3,(H,18,20). The van der Waals surface area contributed by atoms with Gasteiger partial charge in [-0.2, -0.15) is 0 Å². The molecule has 110 valence electrons. The van der Waals surface area contributed by atoms with Gasteiger partial charge in [0.25, 0.3) is 0 Å². The highest BCUT2D eigenvalue weighted by Gasteiger charge is 2.17. The molecule has 1 aliphatic rings. The second-order valence-electron chi connectivity index (χ2n) is 6.36. The van der Waals surface area contributed by atoms with Crippen LogP contribution in [0.2, 0.25) is 0 Å². The van der Waals surface area contributed by atoms with Crippen LogP contribution in [0.5, 0.6) is 0 Å². The molecule has 0 aliphatic carbocycles. The van der Waals surface area contributed by atoms with E-state index in [1.165, 1.54) is 12.8 Å². The lowest BCUT2D eigenvalue weighted by Gasteiger charge is -2.23. The Morgan fingerprint density at radius 1 is 1.20 bits per heavy atom. The number of hydrogen-bond donors (Lipinski definition) is 2. The summed E-state index contributed by atoms with van der Waals surface area (Å²) in [5.41, 5.74) is 2.00. The maximum atomic E-state index is 12.0. The topological polar surface area (TPSA) is 44.4 Å². The third-order valence-electron chi connectivity index (χ3n) is 3.40. The number of benzene rings is 1. The second-order valence-corrected chi connectivity index (χ2v) is 6.36. The van der Waals surface area contributed by atoms with Crippen LogP contribution in [0.25, 0.3) is 0 Å². The van der Waals surface area contributed by atoms with Gasteiger partial charge in [-0.15, -0.1) is 0 Å². The van der Waals surface area contributed by atoms with Crippen molar-refractivity contribution in [2.75, 3.05) is 29.9 Å². The van der Waals surface area contributed by atoms with E-state index in [1.807, 2.05) is 18.2 Å². The maximum Gasteiger partial charge on any atom is 0.238 e. The summed E-state index contributed by atoms with van der Waals surface area (Å²) in [4.78, 5) is 14.4. The van der Waals surface area contributed by atoms with Gasteiger partial charge in [-0.1, -0.05) is 12.1 Å². The van der Waals surface area contributed by atoms with E-state index in [0.29, 0.717) is 6.54 Å². The first-order valence-electron chi connectivity index (χ1n) is 7.34. The molecule has 0 spiro atoms. The molecule has 1 heterocycles. The molecule has 2 rings (SSSR count). The number of nitrogens with one attached hydrogen (secondary N) is 2. The van der Waals surface area contributed by atoms with E-state index in [0.717, 1.165) is 24.5 Å². The van der Waals surface area contributed by atoms with Crippen molar-refractivity contribution in [3.8, 4) is 0 Å². The van der Waals surface area contributed by atoms with Gasteiger partial charge in [0.1, 0.15) is 0 Å². The van der Waals surface area contributed by atoms with Crippen molar-refractivity contribution >= 4 is 17.3 Å². The molecule has 1 amide bonds. The molecule has 4 nitrogen and oxygen atoms in total. The first-order valence-corrected chi connectivity index (χ1v) is 7.34. The fourth-order valence-corrected chi connectivity index (χ4v) is 2.35. The molecule has 0 atom stereocenters. The summed E-state index contributed by atoms with van der Waals surface area (Å²) in [6, 6.07) is 8.05. The smallest absolute Gasteiger partial charge is 0.238 e. The van der Waals surface area contributed by atoms with Crippen molar-refractivity contribution in [2.24, 2.45) is 0 Å². The Kier molecular flexibility index (Phi) is 4.65. The molecule has 0 radical (unpaired) electrons. The third-order valence-corrected chi connectivity index (χ3v) is 3.40. The first kappa shape index (κ1) is 14.9. The minimum atomic E-state index is -0.0498. The average Bonchev–Trinajstić information content (AvgIpc) is 2.90. The minimum absolute atomic E-state index is 0.00609. The van der Waals surface area contributed by atoms with Crippen LogP contribution in [0.1, 0.15) is 33.6 Å². The summed E-state index contributed by atoms with van der Waals surface area (Å²) in [7, 11) is 0. The quantitative estimate of drug-likeness (QED) is 0.888. The van der Waals surface area contributed by atoms with Gasteiger partial charge < -0.3 is 15.5 Å². The van der Waals surface area contributed by atoms with E-state index in [9.17, 15) is 4.79 Å². The summed E-state index contributed by atoms with van der Waals surface area (Å²) in [5, 5.41) is 6.22. The molecule has 2 N–H and O–H groups in total. The number of hydrogen-bond acceptors (Lipinski definition) is 3. The normalized spacial score (nSPS) is 15.4. The molecule has 1 aromatic rings. The highest BCUT2D eigenvalue weighted by Crippen LogP contribution is 2.28. The van der Waals surface area contributed by atoms with Crippen molar-refractivity contribution in [2.45, 2.75) is 39.2 Å². The number of para-hydroxylation sites is 2. The number of rotatable bonds is 4. The van der Waals surface area contributed by atoms with Crippen LogP contribution in [0.15, 0.2) is 24.3 Å². The van der Waals surface area contributed by atoms with E-state index in [4.69, 9.17) is 0 Å². The van der Waals surface area contributed by atoms with Gasteiger partial charge in [-0.3, -0.25) is 4.79 Å². The predicted molar refractivity (Wildman–Crippen MR) is 84.3 cm³/mol. The molecular formula is C16H25N3O. The van der Waals surface area contributed by atoms with Crippen molar-refractivity contribution in [1.82, 2.24) is 5.32 Å². The molecule has 0 saturated carbocycles. The zero-order valence-corrected chi connectivity index (χ0v) is 12.7. The Balaban J connectivity index is 2.00. The number of nitrogens with zero attached hydrogens (tertiary/aromatic N) is 1. The van der Waals surface area contributed by atoms with Crippen molar-refractivity contribution in [3.63, 3.8) is 0 Å². The van der Waals surface area contributed by atoms with Gasteiger partial charge >= 0.3 is 0 Å². The lowest BCUT2D eigenvalue weighted by molar-refractivity contribution is -0.115. The lowest BCUT2D eigenvalue weighted by atomic mass is 10.1. The fourth-order valence-electron chi connectivity index (χ4n) is 2.35. The van der Waals surface area contributed by atoms with E-state index < -0.39 is 0 Å². The van der Waals surface area contributed by atoms with E-state index >= 15 is 0 Å². The Labute approximate surface area is 121 Å². The molecule has 0 aromatic heterocycles. The molecule has 1 saturated heterocycles. The number of anilines is 2. The number of carbonyl (C=O) groups is 1. The molecule has 20 heavy (non-hydrogen) atoms. The minimum Gasteiger partial charge on any atom is -0.370 e. The molecule has 0 unspecified atom stereocenters. The monoisotopic (exact) mass is 275 g/mol. The highest BCUT2D eigenvalue weighted by molar-refractivity contribution is 5.95. The summed E-state index contributed by atoms with van der Waals surface area (Å²) < 4.78 is 0. The van der Waals surface area contributed by atoms with Gasteiger partial charge in [0, 0.05) is 18.6 Å². The van der Waals surface area contributed by atoms with Gasteiger partial charge in [0.2, 0.25) is 5.91 Å². The lowest BCUT2D eigenvalue weighted by Crippen LogP contribution is -2.41. The maximum absolute atomic E-state index is 12.0. The Morgan fingerprint density at radius 2 is 1.85 bits per heavy atom. The molecule has 0 bridgehead atoms. The van der Waals surface area contributed by atoms with E-state index in [2.05, 4.69) is 42.4 Å². The van der Waals surface area contributed by atoms with Gasteiger partial charge in [-0.25, -0.2) is 0 Å². The van der Waals surface area contributed by atoms with E-state index in [1.54, 1.807) is 0 Å². The van der Waals surface area contributed by atoms with Crippen LogP contribution in [0.4, 0.5) is 11.4 Å². The molecule has 4 heteroatoms. The van der Waals surface area contributed by atoms with Gasteiger partial charge in [-0.05, 0) is 45.7 Å². The van der Waals surface area contributed by atoms with E-state index in [-0.39, 0.29) is 11.4 Å². The number of carbonyl (C=O) groups excluding carboxylic acids is 1. The van der Waals surface area contributed by atoms with Crippen molar-refractivity contribution in [3.05, 3.63) is 24.3 Å². The second kappa shape index (κ2) is 6.27. The first-order chi connectivity index (χ1) is 9.46. The molecule has 1 fully saturated rings. The van der Waals surface area contributed by atoms with Gasteiger partial charge in [0.15, 0.2) is 0 Å². The Bertz CT molecular complexity index is 459.